The first-order valence-electron chi connectivity index (χ1n) is 12.4. The number of hydrogen-bond acceptors (Lipinski definition) is 6. The number of halogens is 1. The van der Waals surface area contributed by atoms with Crippen molar-refractivity contribution in [2.45, 2.75) is 64.8 Å². The van der Waals surface area contributed by atoms with Gasteiger partial charge in [-0.05, 0) is 75.6 Å². The Morgan fingerprint density at radius 1 is 1.16 bits per heavy atom. The fourth-order valence-electron chi connectivity index (χ4n) is 4.26. The van der Waals surface area contributed by atoms with E-state index < -0.39 is 11.6 Å². The van der Waals surface area contributed by atoms with Crippen LogP contribution < -0.4 is 5.32 Å². The minimum atomic E-state index is -0.864. The monoisotopic (exact) mass is 508 g/mol. The first-order chi connectivity index (χ1) is 17.6. The van der Waals surface area contributed by atoms with Gasteiger partial charge in [-0.2, -0.15) is 4.80 Å². The summed E-state index contributed by atoms with van der Waals surface area (Å²) in [4.78, 5) is 30.1. The van der Waals surface area contributed by atoms with Crippen molar-refractivity contribution < 1.29 is 18.7 Å². The standard InChI is InChI=1S/C27H33FN6O3/c1-18-7-9-19(10-8-18)24(26(36)29-27(2,3)4)33(16-22-6-5-15-37-22)23(35)17-34-31-25(30-32-34)20-11-13-21(28)14-12-20/h7-14,22,24H,5-6,15-17H2,1-4H3,(H,29,36). The number of amides is 2. The molecule has 0 radical (unpaired) electrons. The third-order valence-electron chi connectivity index (χ3n) is 6.03. The summed E-state index contributed by atoms with van der Waals surface area (Å²) in [6.07, 6.45) is 1.54. The van der Waals surface area contributed by atoms with Crippen LogP contribution in [0.4, 0.5) is 4.39 Å². The quantitative estimate of drug-likeness (QED) is 0.500. The number of nitrogens with zero attached hydrogens (tertiary/aromatic N) is 5. The molecule has 1 aliphatic heterocycles. The number of tetrazole rings is 1. The minimum absolute atomic E-state index is 0.169. The molecule has 37 heavy (non-hydrogen) atoms. The Kier molecular flexibility index (Phi) is 7.97. The predicted molar refractivity (Wildman–Crippen MR) is 136 cm³/mol. The van der Waals surface area contributed by atoms with Crippen LogP contribution in [0.25, 0.3) is 11.4 Å². The van der Waals surface area contributed by atoms with E-state index in [0.29, 0.717) is 17.7 Å². The minimum Gasteiger partial charge on any atom is -0.376 e. The fraction of sp³-hybridized carbons (Fsp3) is 0.444. The number of rotatable bonds is 8. The molecular formula is C27H33FN6O3. The molecule has 2 amide bonds. The van der Waals surface area contributed by atoms with E-state index in [1.165, 1.54) is 16.9 Å². The van der Waals surface area contributed by atoms with E-state index in [9.17, 15) is 14.0 Å². The maximum atomic E-state index is 13.8. The number of benzene rings is 2. The molecule has 0 aliphatic carbocycles. The number of hydrogen-bond donors (Lipinski definition) is 1. The lowest BCUT2D eigenvalue weighted by Gasteiger charge is -2.35. The second kappa shape index (κ2) is 11.2. The molecule has 9 nitrogen and oxygen atoms in total. The van der Waals surface area contributed by atoms with Crippen LogP contribution in [-0.2, 0) is 20.9 Å². The molecule has 0 saturated carbocycles. The molecule has 0 bridgehead atoms. The molecular weight excluding hydrogens is 475 g/mol. The van der Waals surface area contributed by atoms with E-state index in [1.807, 2.05) is 52.0 Å². The van der Waals surface area contributed by atoms with Crippen molar-refractivity contribution in [2.24, 2.45) is 0 Å². The molecule has 4 rings (SSSR count). The Balaban J connectivity index is 1.64. The summed E-state index contributed by atoms with van der Waals surface area (Å²) in [6.45, 7) is 8.35. The van der Waals surface area contributed by atoms with Gasteiger partial charge in [0.15, 0.2) is 0 Å². The van der Waals surface area contributed by atoms with Crippen LogP contribution >= 0.6 is 0 Å². The molecule has 0 spiro atoms. The van der Waals surface area contributed by atoms with Gasteiger partial charge in [0.1, 0.15) is 18.4 Å². The molecule has 2 heterocycles. The SMILES string of the molecule is Cc1ccc(C(C(=O)NC(C)(C)C)N(CC2CCCO2)C(=O)Cn2nnc(-c3ccc(F)cc3)n2)cc1. The van der Waals surface area contributed by atoms with Crippen LogP contribution in [0.2, 0.25) is 0 Å². The van der Waals surface area contributed by atoms with E-state index in [0.717, 1.165) is 18.4 Å². The Morgan fingerprint density at radius 3 is 2.49 bits per heavy atom. The van der Waals surface area contributed by atoms with Gasteiger partial charge in [0, 0.05) is 24.3 Å². The lowest BCUT2D eigenvalue weighted by atomic mass is 10.00. The lowest BCUT2D eigenvalue weighted by molar-refractivity contribution is -0.144. The van der Waals surface area contributed by atoms with Crippen molar-refractivity contribution in [2.75, 3.05) is 13.2 Å². The van der Waals surface area contributed by atoms with Gasteiger partial charge >= 0.3 is 0 Å². The van der Waals surface area contributed by atoms with E-state index >= 15 is 0 Å². The molecule has 1 aliphatic rings. The molecule has 1 N–H and O–H groups in total. The molecule has 2 unspecified atom stereocenters. The number of aryl methyl sites for hydroxylation is 1. The molecule has 2 atom stereocenters. The van der Waals surface area contributed by atoms with Gasteiger partial charge in [0.25, 0.3) is 0 Å². The van der Waals surface area contributed by atoms with Crippen LogP contribution in [0.3, 0.4) is 0 Å². The number of nitrogens with one attached hydrogen (secondary N) is 1. The average molecular weight is 509 g/mol. The van der Waals surface area contributed by atoms with Crippen molar-refractivity contribution in [1.29, 1.82) is 0 Å². The highest BCUT2D eigenvalue weighted by atomic mass is 19.1. The zero-order valence-electron chi connectivity index (χ0n) is 21.6. The highest BCUT2D eigenvalue weighted by molar-refractivity contribution is 5.89. The second-order valence-corrected chi connectivity index (χ2v) is 10.4. The second-order valence-electron chi connectivity index (χ2n) is 10.4. The summed E-state index contributed by atoms with van der Waals surface area (Å²) in [7, 11) is 0. The van der Waals surface area contributed by atoms with Crippen molar-refractivity contribution in [3.63, 3.8) is 0 Å². The van der Waals surface area contributed by atoms with E-state index in [4.69, 9.17) is 4.74 Å². The number of carbonyl (C=O) groups is 2. The van der Waals surface area contributed by atoms with Gasteiger partial charge in [0.05, 0.1) is 6.10 Å². The normalized spacial score (nSPS) is 16.4. The first kappa shape index (κ1) is 26.4. The predicted octanol–water partition coefficient (Wildman–Crippen LogP) is 3.45. The highest BCUT2D eigenvalue weighted by Gasteiger charge is 2.35. The van der Waals surface area contributed by atoms with Gasteiger partial charge in [-0.3, -0.25) is 9.59 Å². The number of aromatic nitrogens is 4. The molecule has 10 heteroatoms. The van der Waals surface area contributed by atoms with Crippen molar-refractivity contribution in [1.82, 2.24) is 30.4 Å². The summed E-state index contributed by atoms with van der Waals surface area (Å²) in [5.74, 6) is -0.708. The Hall–Kier alpha value is -3.66. The van der Waals surface area contributed by atoms with Gasteiger partial charge < -0.3 is 15.0 Å². The van der Waals surface area contributed by atoms with Gasteiger partial charge in [-0.25, -0.2) is 4.39 Å². The van der Waals surface area contributed by atoms with Crippen molar-refractivity contribution in [3.05, 3.63) is 65.5 Å². The zero-order chi connectivity index (χ0) is 26.6. The van der Waals surface area contributed by atoms with Gasteiger partial charge in [-0.1, -0.05) is 29.8 Å². The van der Waals surface area contributed by atoms with Crippen LogP contribution in [-0.4, -0.2) is 61.7 Å². The summed E-state index contributed by atoms with van der Waals surface area (Å²) < 4.78 is 19.1. The molecule has 3 aromatic rings. The van der Waals surface area contributed by atoms with E-state index in [-0.39, 0.29) is 42.6 Å². The maximum Gasteiger partial charge on any atom is 0.247 e. The van der Waals surface area contributed by atoms with Gasteiger partial charge in [0.2, 0.25) is 17.6 Å². The largest absolute Gasteiger partial charge is 0.376 e. The summed E-state index contributed by atoms with van der Waals surface area (Å²) in [5, 5.41) is 15.4. The highest BCUT2D eigenvalue weighted by Crippen LogP contribution is 2.26. The topological polar surface area (TPSA) is 102 Å². The molecule has 2 aromatic carbocycles. The van der Waals surface area contributed by atoms with Crippen LogP contribution in [0.5, 0.6) is 0 Å². The van der Waals surface area contributed by atoms with Crippen LogP contribution in [0.1, 0.15) is 50.8 Å². The van der Waals surface area contributed by atoms with Gasteiger partial charge in [-0.15, -0.1) is 10.2 Å². The third-order valence-corrected chi connectivity index (χ3v) is 6.03. The molecule has 196 valence electrons. The van der Waals surface area contributed by atoms with E-state index in [1.54, 1.807) is 17.0 Å². The Morgan fingerprint density at radius 2 is 1.86 bits per heavy atom. The number of ether oxygens (including phenoxy) is 1. The first-order valence-corrected chi connectivity index (χ1v) is 12.4. The summed E-state index contributed by atoms with van der Waals surface area (Å²) in [5.41, 5.74) is 1.85. The van der Waals surface area contributed by atoms with Crippen LogP contribution in [0, 0.1) is 12.7 Å². The zero-order valence-corrected chi connectivity index (χ0v) is 21.6. The smallest absolute Gasteiger partial charge is 0.247 e. The Labute approximate surface area is 216 Å². The number of carbonyl (C=O) groups excluding carboxylic acids is 2. The van der Waals surface area contributed by atoms with Crippen LogP contribution in [0.15, 0.2) is 48.5 Å². The average Bonchev–Trinajstić information content (AvgIpc) is 3.51. The summed E-state index contributed by atoms with van der Waals surface area (Å²) >= 11 is 0. The molecule has 1 fully saturated rings. The molecule has 1 aromatic heterocycles. The summed E-state index contributed by atoms with van der Waals surface area (Å²) in [6, 6.07) is 12.5. The Bertz CT molecular complexity index is 1210. The van der Waals surface area contributed by atoms with Crippen molar-refractivity contribution in [3.8, 4) is 11.4 Å². The maximum absolute atomic E-state index is 13.8. The third kappa shape index (κ3) is 6.97. The fourth-order valence-corrected chi connectivity index (χ4v) is 4.26. The van der Waals surface area contributed by atoms with Crippen molar-refractivity contribution >= 4 is 11.8 Å². The van der Waals surface area contributed by atoms with E-state index in [2.05, 4.69) is 20.7 Å². The molecule has 1 saturated heterocycles. The lowest BCUT2D eigenvalue weighted by Crippen LogP contribution is -2.51.